The maximum absolute atomic E-state index is 12.5. The summed E-state index contributed by atoms with van der Waals surface area (Å²) in [6, 6.07) is 4.65. The SMILES string of the molecule is O=C(c1ccc(O)c(Cl)c1)N(CCO)C1CCCC1. The summed E-state index contributed by atoms with van der Waals surface area (Å²) < 4.78 is 0. The Hall–Kier alpha value is -1.26. The minimum Gasteiger partial charge on any atom is -0.506 e. The Bertz CT molecular complexity index is 458. The number of aliphatic hydroxyl groups excluding tert-OH is 1. The van der Waals surface area contributed by atoms with Crippen molar-refractivity contribution in [3.8, 4) is 5.75 Å². The highest BCUT2D eigenvalue weighted by Gasteiger charge is 2.27. The highest BCUT2D eigenvalue weighted by Crippen LogP contribution is 2.27. The van der Waals surface area contributed by atoms with Crippen LogP contribution in [0.25, 0.3) is 0 Å². The summed E-state index contributed by atoms with van der Waals surface area (Å²) in [7, 11) is 0. The van der Waals surface area contributed by atoms with Crippen molar-refractivity contribution in [2.24, 2.45) is 0 Å². The van der Waals surface area contributed by atoms with E-state index in [4.69, 9.17) is 16.7 Å². The first-order valence-corrected chi connectivity index (χ1v) is 6.91. The number of nitrogens with zero attached hydrogens (tertiary/aromatic N) is 1. The lowest BCUT2D eigenvalue weighted by atomic mass is 10.1. The van der Waals surface area contributed by atoms with E-state index in [1.54, 1.807) is 11.0 Å². The average Bonchev–Trinajstić information content (AvgIpc) is 2.92. The number of aliphatic hydroxyl groups is 1. The van der Waals surface area contributed by atoms with Crippen molar-refractivity contribution in [1.29, 1.82) is 0 Å². The molecule has 0 unspecified atom stereocenters. The Kier molecular flexibility index (Phi) is 4.66. The third-order valence-corrected chi connectivity index (χ3v) is 3.86. The first-order valence-electron chi connectivity index (χ1n) is 6.54. The number of carbonyl (C=O) groups excluding carboxylic acids is 1. The van der Waals surface area contributed by atoms with Crippen LogP contribution in [0.2, 0.25) is 5.02 Å². The van der Waals surface area contributed by atoms with Crippen LogP contribution in [0.4, 0.5) is 0 Å². The van der Waals surface area contributed by atoms with E-state index in [2.05, 4.69) is 0 Å². The van der Waals surface area contributed by atoms with Crippen molar-refractivity contribution < 1.29 is 15.0 Å². The van der Waals surface area contributed by atoms with Crippen molar-refractivity contribution in [2.75, 3.05) is 13.2 Å². The van der Waals surface area contributed by atoms with E-state index in [0.717, 1.165) is 25.7 Å². The van der Waals surface area contributed by atoms with Crippen molar-refractivity contribution in [2.45, 2.75) is 31.7 Å². The summed E-state index contributed by atoms with van der Waals surface area (Å²) in [6.45, 7) is 0.288. The zero-order valence-electron chi connectivity index (χ0n) is 10.7. The summed E-state index contributed by atoms with van der Waals surface area (Å²) in [5.74, 6) is -0.171. The maximum Gasteiger partial charge on any atom is 0.254 e. The van der Waals surface area contributed by atoms with E-state index in [-0.39, 0.29) is 29.3 Å². The lowest BCUT2D eigenvalue weighted by Gasteiger charge is -2.28. The number of phenols is 1. The first kappa shape index (κ1) is 14.2. The Balaban J connectivity index is 2.20. The fraction of sp³-hybridized carbons (Fsp3) is 0.500. The number of phenolic OH excluding ortho intramolecular Hbond substituents is 1. The van der Waals surface area contributed by atoms with Gasteiger partial charge >= 0.3 is 0 Å². The van der Waals surface area contributed by atoms with Crippen LogP contribution >= 0.6 is 11.6 Å². The van der Waals surface area contributed by atoms with E-state index >= 15 is 0 Å². The predicted octanol–water partition coefficient (Wildman–Crippen LogP) is 2.42. The van der Waals surface area contributed by atoms with Gasteiger partial charge in [0.05, 0.1) is 11.6 Å². The molecule has 1 saturated carbocycles. The van der Waals surface area contributed by atoms with Gasteiger partial charge in [0.15, 0.2) is 0 Å². The molecule has 5 heteroatoms. The quantitative estimate of drug-likeness (QED) is 0.892. The van der Waals surface area contributed by atoms with E-state index in [1.165, 1.54) is 12.1 Å². The van der Waals surface area contributed by atoms with E-state index in [9.17, 15) is 9.90 Å². The molecule has 19 heavy (non-hydrogen) atoms. The molecule has 1 aliphatic carbocycles. The van der Waals surface area contributed by atoms with Crippen LogP contribution in [-0.2, 0) is 0 Å². The molecule has 1 amide bonds. The first-order chi connectivity index (χ1) is 9.13. The molecular weight excluding hydrogens is 266 g/mol. The third-order valence-electron chi connectivity index (χ3n) is 3.56. The van der Waals surface area contributed by atoms with Crippen molar-refractivity contribution in [1.82, 2.24) is 4.90 Å². The minimum absolute atomic E-state index is 0.0345. The molecule has 104 valence electrons. The summed E-state index contributed by atoms with van der Waals surface area (Å²) in [5.41, 5.74) is 0.447. The van der Waals surface area contributed by atoms with E-state index < -0.39 is 0 Å². The number of halogens is 1. The third kappa shape index (κ3) is 3.19. The van der Waals surface area contributed by atoms with Crippen LogP contribution in [0.15, 0.2) is 18.2 Å². The highest BCUT2D eigenvalue weighted by atomic mass is 35.5. The Labute approximate surface area is 117 Å². The van der Waals surface area contributed by atoms with Gasteiger partial charge in [0.2, 0.25) is 0 Å². The van der Waals surface area contributed by atoms with Crippen LogP contribution < -0.4 is 0 Å². The second kappa shape index (κ2) is 6.26. The molecule has 2 N–H and O–H groups in total. The normalized spacial score (nSPS) is 15.7. The molecule has 0 heterocycles. The van der Waals surface area contributed by atoms with Crippen LogP contribution in [0.1, 0.15) is 36.0 Å². The Morgan fingerprint density at radius 1 is 1.37 bits per heavy atom. The molecule has 0 saturated heterocycles. The van der Waals surface area contributed by atoms with Gasteiger partial charge < -0.3 is 15.1 Å². The predicted molar refractivity (Wildman–Crippen MR) is 73.5 cm³/mol. The lowest BCUT2D eigenvalue weighted by Crippen LogP contribution is -2.40. The van der Waals surface area contributed by atoms with Crippen LogP contribution in [0.5, 0.6) is 5.75 Å². The lowest BCUT2D eigenvalue weighted by molar-refractivity contribution is 0.0638. The Morgan fingerprint density at radius 3 is 2.63 bits per heavy atom. The second-order valence-electron chi connectivity index (χ2n) is 4.83. The molecule has 1 aromatic carbocycles. The van der Waals surface area contributed by atoms with Crippen LogP contribution in [0, 0.1) is 0 Å². The molecule has 0 radical (unpaired) electrons. The molecule has 0 aliphatic heterocycles. The number of hydrogen-bond acceptors (Lipinski definition) is 3. The summed E-state index contributed by atoms with van der Waals surface area (Å²) in [4.78, 5) is 14.2. The van der Waals surface area contributed by atoms with Crippen molar-refractivity contribution >= 4 is 17.5 Å². The number of carbonyl (C=O) groups is 1. The molecule has 0 atom stereocenters. The maximum atomic E-state index is 12.5. The fourth-order valence-electron chi connectivity index (χ4n) is 2.58. The smallest absolute Gasteiger partial charge is 0.254 e. The van der Waals surface area contributed by atoms with Crippen molar-refractivity contribution in [3.63, 3.8) is 0 Å². The van der Waals surface area contributed by atoms with E-state index in [0.29, 0.717) is 12.1 Å². The molecule has 0 bridgehead atoms. The molecular formula is C14H18ClNO3. The van der Waals surface area contributed by atoms with E-state index in [1.807, 2.05) is 0 Å². The molecule has 1 fully saturated rings. The van der Waals surface area contributed by atoms with Crippen LogP contribution in [-0.4, -0.2) is 40.2 Å². The monoisotopic (exact) mass is 283 g/mol. The van der Waals surface area contributed by atoms with Gasteiger partial charge in [-0.2, -0.15) is 0 Å². The van der Waals surface area contributed by atoms with Crippen LogP contribution in [0.3, 0.4) is 0 Å². The van der Waals surface area contributed by atoms with Gasteiger partial charge in [0.1, 0.15) is 5.75 Å². The summed E-state index contributed by atoms with van der Waals surface area (Å²) in [6.07, 6.45) is 4.21. The highest BCUT2D eigenvalue weighted by molar-refractivity contribution is 6.32. The number of rotatable bonds is 4. The largest absolute Gasteiger partial charge is 0.506 e. The molecule has 1 aliphatic rings. The molecule has 2 rings (SSSR count). The van der Waals surface area contributed by atoms with Gasteiger partial charge in [-0.05, 0) is 31.0 Å². The molecule has 4 nitrogen and oxygen atoms in total. The average molecular weight is 284 g/mol. The van der Waals surface area contributed by atoms with Gasteiger partial charge in [0.25, 0.3) is 5.91 Å². The summed E-state index contributed by atoms with van der Waals surface area (Å²) >= 11 is 5.83. The standard InChI is InChI=1S/C14H18ClNO3/c15-12-9-10(5-6-13(12)18)14(19)16(7-8-17)11-3-1-2-4-11/h5-6,9,11,17-18H,1-4,7-8H2. The fourth-order valence-corrected chi connectivity index (χ4v) is 2.76. The molecule has 0 spiro atoms. The number of aromatic hydroxyl groups is 1. The second-order valence-corrected chi connectivity index (χ2v) is 5.23. The van der Waals surface area contributed by atoms with Gasteiger partial charge in [-0.1, -0.05) is 24.4 Å². The molecule has 0 aromatic heterocycles. The van der Waals surface area contributed by atoms with Gasteiger partial charge in [-0.25, -0.2) is 0 Å². The Morgan fingerprint density at radius 2 is 2.05 bits per heavy atom. The number of benzene rings is 1. The van der Waals surface area contributed by atoms with Gasteiger partial charge in [-0.15, -0.1) is 0 Å². The van der Waals surface area contributed by atoms with Gasteiger partial charge in [0, 0.05) is 18.2 Å². The topological polar surface area (TPSA) is 60.8 Å². The number of hydrogen-bond donors (Lipinski definition) is 2. The summed E-state index contributed by atoms with van der Waals surface area (Å²) in [5, 5.41) is 18.7. The number of amides is 1. The minimum atomic E-state index is -0.136. The zero-order chi connectivity index (χ0) is 13.8. The van der Waals surface area contributed by atoms with Gasteiger partial charge in [-0.3, -0.25) is 4.79 Å². The molecule has 1 aromatic rings. The zero-order valence-corrected chi connectivity index (χ0v) is 11.4. The van der Waals surface area contributed by atoms with Crippen molar-refractivity contribution in [3.05, 3.63) is 28.8 Å².